The molecular formula is C14H23NO3. The van der Waals surface area contributed by atoms with E-state index in [9.17, 15) is 14.7 Å². The topological polar surface area (TPSA) is 66.4 Å². The first-order valence-corrected chi connectivity index (χ1v) is 7.04. The van der Waals surface area contributed by atoms with E-state index in [4.69, 9.17) is 0 Å². The van der Waals surface area contributed by atoms with Gasteiger partial charge >= 0.3 is 5.97 Å². The summed E-state index contributed by atoms with van der Waals surface area (Å²) in [7, 11) is 0. The van der Waals surface area contributed by atoms with Crippen LogP contribution >= 0.6 is 0 Å². The minimum absolute atomic E-state index is 0.0322. The molecule has 3 atom stereocenters. The Kier molecular flexibility index (Phi) is 3.93. The van der Waals surface area contributed by atoms with Crippen LogP contribution in [-0.4, -0.2) is 23.0 Å². The van der Waals surface area contributed by atoms with Crippen molar-refractivity contribution in [1.82, 2.24) is 5.32 Å². The highest BCUT2D eigenvalue weighted by Gasteiger charge is 2.43. The molecule has 2 fully saturated rings. The largest absolute Gasteiger partial charge is 0.481 e. The molecule has 4 nitrogen and oxygen atoms in total. The molecule has 0 aromatic carbocycles. The van der Waals surface area contributed by atoms with Crippen LogP contribution in [-0.2, 0) is 9.59 Å². The third-order valence-electron chi connectivity index (χ3n) is 4.61. The first-order valence-electron chi connectivity index (χ1n) is 7.04. The summed E-state index contributed by atoms with van der Waals surface area (Å²) in [5.74, 6) is -0.557. The number of carboxylic acids is 1. The maximum absolute atomic E-state index is 12.2. The van der Waals surface area contributed by atoms with Crippen molar-refractivity contribution in [3.05, 3.63) is 0 Å². The molecule has 0 radical (unpaired) electrons. The zero-order valence-electron chi connectivity index (χ0n) is 11.2. The maximum Gasteiger partial charge on any atom is 0.307 e. The molecular weight excluding hydrogens is 230 g/mol. The molecule has 2 aliphatic carbocycles. The molecule has 0 spiro atoms. The van der Waals surface area contributed by atoms with Crippen LogP contribution in [0.4, 0.5) is 0 Å². The highest BCUT2D eigenvalue weighted by atomic mass is 16.4. The van der Waals surface area contributed by atoms with Gasteiger partial charge in [-0.3, -0.25) is 9.59 Å². The van der Waals surface area contributed by atoms with Gasteiger partial charge in [0.15, 0.2) is 0 Å². The molecule has 4 heteroatoms. The van der Waals surface area contributed by atoms with Gasteiger partial charge in [0.1, 0.15) is 0 Å². The lowest BCUT2D eigenvalue weighted by Crippen LogP contribution is -2.47. The molecule has 3 unspecified atom stereocenters. The van der Waals surface area contributed by atoms with E-state index in [-0.39, 0.29) is 17.9 Å². The number of aliphatic carboxylic acids is 1. The van der Waals surface area contributed by atoms with E-state index in [0.29, 0.717) is 18.3 Å². The van der Waals surface area contributed by atoms with Gasteiger partial charge in [-0.1, -0.05) is 20.3 Å². The van der Waals surface area contributed by atoms with Gasteiger partial charge in [-0.15, -0.1) is 0 Å². The van der Waals surface area contributed by atoms with E-state index < -0.39 is 11.9 Å². The Morgan fingerprint density at radius 2 is 1.78 bits per heavy atom. The van der Waals surface area contributed by atoms with Crippen LogP contribution in [0.15, 0.2) is 0 Å². The second-order valence-electron chi connectivity index (χ2n) is 6.08. The number of amides is 1. The average Bonchev–Trinajstić information content (AvgIpc) is 2.71. The van der Waals surface area contributed by atoms with E-state index in [2.05, 4.69) is 19.2 Å². The molecule has 0 heterocycles. The summed E-state index contributed by atoms with van der Waals surface area (Å²) in [5.41, 5.74) is 0. The summed E-state index contributed by atoms with van der Waals surface area (Å²) in [4.78, 5) is 23.4. The predicted octanol–water partition coefficient (Wildman–Crippen LogP) is 2.04. The van der Waals surface area contributed by atoms with Gasteiger partial charge in [0.05, 0.1) is 11.8 Å². The van der Waals surface area contributed by atoms with Gasteiger partial charge in [-0.05, 0) is 37.5 Å². The van der Waals surface area contributed by atoms with Crippen LogP contribution in [0.2, 0.25) is 0 Å². The molecule has 0 bridgehead atoms. The van der Waals surface area contributed by atoms with Crippen molar-refractivity contribution in [1.29, 1.82) is 0 Å². The molecule has 102 valence electrons. The van der Waals surface area contributed by atoms with Crippen LogP contribution in [0.1, 0.15) is 46.0 Å². The maximum atomic E-state index is 12.2. The molecule has 2 N–H and O–H groups in total. The smallest absolute Gasteiger partial charge is 0.307 e. The Labute approximate surface area is 108 Å². The zero-order valence-corrected chi connectivity index (χ0v) is 11.2. The minimum Gasteiger partial charge on any atom is -0.481 e. The summed E-state index contributed by atoms with van der Waals surface area (Å²) < 4.78 is 0. The molecule has 1 amide bonds. The number of carbonyl (C=O) groups excluding carboxylic acids is 1. The summed E-state index contributed by atoms with van der Waals surface area (Å²) in [6, 6.07) is 0.280. The Morgan fingerprint density at radius 3 is 2.28 bits per heavy atom. The molecule has 0 aromatic rings. The van der Waals surface area contributed by atoms with Crippen LogP contribution < -0.4 is 5.32 Å². The third-order valence-corrected chi connectivity index (χ3v) is 4.61. The number of nitrogens with one attached hydrogen (secondary N) is 1. The van der Waals surface area contributed by atoms with E-state index in [1.54, 1.807) is 0 Å². The van der Waals surface area contributed by atoms with Gasteiger partial charge in [-0.2, -0.15) is 0 Å². The van der Waals surface area contributed by atoms with Crippen molar-refractivity contribution in [2.75, 3.05) is 0 Å². The van der Waals surface area contributed by atoms with Gasteiger partial charge in [0.2, 0.25) is 5.91 Å². The Balaban J connectivity index is 1.92. The average molecular weight is 253 g/mol. The second-order valence-corrected chi connectivity index (χ2v) is 6.08. The first-order chi connectivity index (χ1) is 8.51. The predicted molar refractivity (Wildman–Crippen MR) is 68.0 cm³/mol. The van der Waals surface area contributed by atoms with Gasteiger partial charge in [-0.25, -0.2) is 0 Å². The van der Waals surface area contributed by atoms with Crippen LogP contribution in [0.3, 0.4) is 0 Å². The number of carbonyl (C=O) groups is 2. The standard InChI is InChI=1S/C14H23NO3/c1-3-9-6-11(12(7-9)14(17)18)13(16)15-10-4-8(2)5-10/h8-12H,3-7H2,1-2H3,(H,15,16)(H,17,18). The lowest BCUT2D eigenvalue weighted by Gasteiger charge is -2.34. The molecule has 0 saturated heterocycles. The fourth-order valence-corrected chi connectivity index (χ4v) is 3.37. The van der Waals surface area contributed by atoms with Crippen LogP contribution in [0.5, 0.6) is 0 Å². The van der Waals surface area contributed by atoms with Crippen LogP contribution in [0, 0.1) is 23.7 Å². The molecule has 2 rings (SSSR count). The molecule has 2 aliphatic rings. The van der Waals surface area contributed by atoms with Gasteiger partial charge in [0.25, 0.3) is 0 Å². The number of hydrogen-bond donors (Lipinski definition) is 2. The fraction of sp³-hybridized carbons (Fsp3) is 0.857. The van der Waals surface area contributed by atoms with Crippen molar-refractivity contribution in [3.63, 3.8) is 0 Å². The number of hydrogen-bond acceptors (Lipinski definition) is 2. The monoisotopic (exact) mass is 253 g/mol. The van der Waals surface area contributed by atoms with E-state index in [0.717, 1.165) is 25.7 Å². The van der Waals surface area contributed by atoms with Crippen molar-refractivity contribution < 1.29 is 14.7 Å². The molecule has 18 heavy (non-hydrogen) atoms. The second kappa shape index (κ2) is 5.29. The van der Waals surface area contributed by atoms with E-state index in [1.807, 2.05) is 0 Å². The van der Waals surface area contributed by atoms with E-state index in [1.165, 1.54) is 0 Å². The van der Waals surface area contributed by atoms with Crippen molar-refractivity contribution in [2.45, 2.75) is 52.0 Å². The van der Waals surface area contributed by atoms with Crippen LogP contribution in [0.25, 0.3) is 0 Å². The highest BCUT2D eigenvalue weighted by Crippen LogP contribution is 2.39. The van der Waals surface area contributed by atoms with Crippen molar-refractivity contribution in [2.24, 2.45) is 23.7 Å². The van der Waals surface area contributed by atoms with Crippen molar-refractivity contribution in [3.8, 4) is 0 Å². The highest BCUT2D eigenvalue weighted by molar-refractivity contribution is 5.85. The SMILES string of the molecule is CCC1CC(C(=O)O)C(C(=O)NC2CC(C)C2)C1. The quantitative estimate of drug-likeness (QED) is 0.805. The molecule has 2 saturated carbocycles. The molecule has 0 aliphatic heterocycles. The lowest BCUT2D eigenvalue weighted by molar-refractivity contribution is -0.146. The summed E-state index contributed by atoms with van der Waals surface area (Å²) in [6.45, 7) is 4.24. The summed E-state index contributed by atoms with van der Waals surface area (Å²) in [5, 5.41) is 12.2. The Hall–Kier alpha value is -1.06. The Morgan fingerprint density at radius 1 is 1.17 bits per heavy atom. The van der Waals surface area contributed by atoms with Crippen molar-refractivity contribution >= 4 is 11.9 Å². The lowest BCUT2D eigenvalue weighted by atomic mass is 9.81. The third kappa shape index (κ3) is 2.68. The fourth-order valence-electron chi connectivity index (χ4n) is 3.37. The normalized spacial score (nSPS) is 39.1. The van der Waals surface area contributed by atoms with Gasteiger partial charge < -0.3 is 10.4 Å². The van der Waals surface area contributed by atoms with E-state index >= 15 is 0 Å². The molecule has 0 aromatic heterocycles. The summed E-state index contributed by atoms with van der Waals surface area (Å²) >= 11 is 0. The van der Waals surface area contributed by atoms with Gasteiger partial charge in [0, 0.05) is 6.04 Å². The Bertz CT molecular complexity index is 336. The minimum atomic E-state index is -0.812. The first kappa shape index (κ1) is 13.4. The zero-order chi connectivity index (χ0) is 13.3. The number of carboxylic acid groups (broad SMARTS) is 1. The number of rotatable bonds is 4. The summed E-state index contributed by atoms with van der Waals surface area (Å²) in [6.07, 6.45) is 4.43.